The monoisotopic (exact) mass is 241 g/mol. The SMILES string of the molecule is CCOC(=O)c1cc(C)sc1NC(=O)CC. The quantitative estimate of drug-likeness (QED) is 0.824. The second-order valence-electron chi connectivity index (χ2n) is 3.22. The van der Waals surface area contributed by atoms with E-state index in [2.05, 4.69) is 5.32 Å². The van der Waals surface area contributed by atoms with E-state index in [1.165, 1.54) is 11.3 Å². The zero-order chi connectivity index (χ0) is 12.1. The number of esters is 1. The van der Waals surface area contributed by atoms with E-state index in [-0.39, 0.29) is 5.91 Å². The minimum atomic E-state index is -0.391. The third-order valence-electron chi connectivity index (χ3n) is 1.92. The molecule has 16 heavy (non-hydrogen) atoms. The van der Waals surface area contributed by atoms with Gasteiger partial charge in [-0.05, 0) is 19.9 Å². The van der Waals surface area contributed by atoms with Crippen molar-refractivity contribution in [3.05, 3.63) is 16.5 Å². The van der Waals surface area contributed by atoms with Crippen LogP contribution in [-0.4, -0.2) is 18.5 Å². The summed E-state index contributed by atoms with van der Waals surface area (Å²) >= 11 is 1.38. The maximum absolute atomic E-state index is 11.6. The van der Waals surface area contributed by atoms with Crippen molar-refractivity contribution in [3.8, 4) is 0 Å². The lowest BCUT2D eigenvalue weighted by atomic mass is 10.3. The molecule has 1 heterocycles. The summed E-state index contributed by atoms with van der Waals surface area (Å²) in [7, 11) is 0. The van der Waals surface area contributed by atoms with Crippen LogP contribution in [0.4, 0.5) is 5.00 Å². The zero-order valence-electron chi connectivity index (χ0n) is 9.62. The van der Waals surface area contributed by atoms with Crippen LogP contribution in [0.15, 0.2) is 6.07 Å². The number of carbonyl (C=O) groups excluding carboxylic acids is 2. The predicted molar refractivity (Wildman–Crippen MR) is 63.9 cm³/mol. The van der Waals surface area contributed by atoms with E-state index in [4.69, 9.17) is 4.74 Å². The molecule has 0 aliphatic carbocycles. The smallest absolute Gasteiger partial charge is 0.341 e. The van der Waals surface area contributed by atoms with E-state index >= 15 is 0 Å². The average molecular weight is 241 g/mol. The van der Waals surface area contributed by atoms with Crippen molar-refractivity contribution >= 4 is 28.2 Å². The molecule has 0 aromatic carbocycles. The van der Waals surface area contributed by atoms with Crippen LogP contribution >= 0.6 is 11.3 Å². The van der Waals surface area contributed by atoms with Crippen molar-refractivity contribution in [2.24, 2.45) is 0 Å². The molecule has 0 fully saturated rings. The van der Waals surface area contributed by atoms with Gasteiger partial charge in [-0.25, -0.2) is 4.79 Å². The Bertz CT molecular complexity index is 398. The average Bonchev–Trinajstić information content (AvgIpc) is 2.59. The number of carbonyl (C=O) groups is 2. The summed E-state index contributed by atoms with van der Waals surface area (Å²) in [6.45, 7) is 5.73. The van der Waals surface area contributed by atoms with Gasteiger partial charge in [0.15, 0.2) is 0 Å². The van der Waals surface area contributed by atoms with Gasteiger partial charge >= 0.3 is 5.97 Å². The number of hydrogen-bond acceptors (Lipinski definition) is 4. The molecule has 0 aliphatic heterocycles. The van der Waals surface area contributed by atoms with Gasteiger partial charge in [0.05, 0.1) is 12.2 Å². The van der Waals surface area contributed by atoms with Crippen molar-refractivity contribution in [2.75, 3.05) is 11.9 Å². The predicted octanol–water partition coefficient (Wildman–Crippen LogP) is 2.58. The normalized spacial score (nSPS) is 9.94. The van der Waals surface area contributed by atoms with Crippen LogP contribution in [0.5, 0.6) is 0 Å². The highest BCUT2D eigenvalue weighted by molar-refractivity contribution is 7.16. The number of nitrogens with one attached hydrogen (secondary N) is 1. The summed E-state index contributed by atoms with van der Waals surface area (Å²) in [6.07, 6.45) is 0.388. The van der Waals surface area contributed by atoms with Gasteiger partial charge < -0.3 is 10.1 Å². The largest absolute Gasteiger partial charge is 0.462 e. The minimum Gasteiger partial charge on any atom is -0.462 e. The highest BCUT2D eigenvalue weighted by Gasteiger charge is 2.17. The van der Waals surface area contributed by atoms with Gasteiger partial charge in [0.2, 0.25) is 5.91 Å². The zero-order valence-corrected chi connectivity index (χ0v) is 10.4. The molecular formula is C11H15NO3S. The number of aryl methyl sites for hydroxylation is 1. The summed E-state index contributed by atoms with van der Waals surface area (Å²) in [5.41, 5.74) is 0.436. The Balaban J connectivity index is 2.91. The topological polar surface area (TPSA) is 55.4 Å². The van der Waals surface area contributed by atoms with Crippen LogP contribution in [0.25, 0.3) is 0 Å². The molecule has 0 aliphatic rings. The Hall–Kier alpha value is -1.36. The number of amides is 1. The van der Waals surface area contributed by atoms with Gasteiger partial charge in [-0.3, -0.25) is 4.79 Å². The Morgan fingerprint density at radius 3 is 2.69 bits per heavy atom. The van der Waals surface area contributed by atoms with E-state index < -0.39 is 5.97 Å². The fraction of sp³-hybridized carbons (Fsp3) is 0.455. The van der Waals surface area contributed by atoms with Gasteiger partial charge in [-0.15, -0.1) is 11.3 Å². The molecule has 0 unspecified atom stereocenters. The summed E-state index contributed by atoms with van der Waals surface area (Å²) in [4.78, 5) is 23.8. The van der Waals surface area contributed by atoms with Crippen LogP contribution in [-0.2, 0) is 9.53 Å². The van der Waals surface area contributed by atoms with Crippen LogP contribution in [0, 0.1) is 6.92 Å². The molecular weight excluding hydrogens is 226 g/mol. The fourth-order valence-corrected chi connectivity index (χ4v) is 2.10. The van der Waals surface area contributed by atoms with Crippen LogP contribution in [0.1, 0.15) is 35.5 Å². The van der Waals surface area contributed by atoms with Crippen molar-refractivity contribution < 1.29 is 14.3 Å². The van der Waals surface area contributed by atoms with Gasteiger partial charge in [0.25, 0.3) is 0 Å². The molecule has 0 spiro atoms. The van der Waals surface area contributed by atoms with E-state index in [1.807, 2.05) is 6.92 Å². The number of thiophene rings is 1. The first kappa shape index (κ1) is 12.7. The second-order valence-corrected chi connectivity index (χ2v) is 4.48. The molecule has 1 N–H and O–H groups in total. The summed E-state index contributed by atoms with van der Waals surface area (Å²) < 4.78 is 4.91. The first-order valence-corrected chi connectivity index (χ1v) is 5.97. The molecule has 88 valence electrons. The molecule has 0 saturated heterocycles. The summed E-state index contributed by atoms with van der Waals surface area (Å²) in [6, 6.07) is 1.73. The molecule has 0 atom stereocenters. The third-order valence-corrected chi connectivity index (χ3v) is 2.89. The maximum atomic E-state index is 11.6. The maximum Gasteiger partial charge on any atom is 0.341 e. The highest BCUT2D eigenvalue weighted by atomic mass is 32.1. The Labute approximate surface area is 98.6 Å². The van der Waals surface area contributed by atoms with Gasteiger partial charge in [0, 0.05) is 11.3 Å². The van der Waals surface area contributed by atoms with Gasteiger partial charge in [-0.1, -0.05) is 6.92 Å². The molecule has 1 aromatic heterocycles. The molecule has 4 nitrogen and oxygen atoms in total. The van der Waals surface area contributed by atoms with E-state index in [1.54, 1.807) is 19.9 Å². The number of rotatable bonds is 4. The van der Waals surface area contributed by atoms with Crippen LogP contribution < -0.4 is 5.32 Å². The number of hydrogen-bond donors (Lipinski definition) is 1. The number of ether oxygens (including phenoxy) is 1. The minimum absolute atomic E-state index is 0.104. The molecule has 1 rings (SSSR count). The lowest BCUT2D eigenvalue weighted by Crippen LogP contribution is -2.12. The molecule has 1 aromatic rings. The van der Waals surface area contributed by atoms with Crippen LogP contribution in [0.2, 0.25) is 0 Å². The molecule has 5 heteroatoms. The van der Waals surface area contributed by atoms with Gasteiger partial charge in [-0.2, -0.15) is 0 Å². The first-order valence-electron chi connectivity index (χ1n) is 5.15. The Morgan fingerprint density at radius 2 is 2.12 bits per heavy atom. The first-order chi connectivity index (χ1) is 7.58. The lowest BCUT2D eigenvalue weighted by molar-refractivity contribution is -0.115. The number of anilines is 1. The van der Waals surface area contributed by atoms with Crippen molar-refractivity contribution in [1.82, 2.24) is 0 Å². The molecule has 0 radical (unpaired) electrons. The molecule has 0 bridgehead atoms. The van der Waals surface area contributed by atoms with E-state index in [9.17, 15) is 9.59 Å². The fourth-order valence-electron chi connectivity index (χ4n) is 1.18. The Kier molecular flexibility index (Phi) is 4.49. The van der Waals surface area contributed by atoms with Crippen molar-refractivity contribution in [2.45, 2.75) is 27.2 Å². The molecule has 0 saturated carbocycles. The second kappa shape index (κ2) is 5.65. The van der Waals surface area contributed by atoms with Crippen LogP contribution in [0.3, 0.4) is 0 Å². The van der Waals surface area contributed by atoms with E-state index in [0.29, 0.717) is 23.6 Å². The third kappa shape index (κ3) is 3.06. The summed E-state index contributed by atoms with van der Waals surface area (Å²) in [5.74, 6) is -0.495. The van der Waals surface area contributed by atoms with E-state index in [0.717, 1.165) is 4.88 Å². The standard InChI is InChI=1S/C11H15NO3S/c1-4-9(13)12-10-8(6-7(3)16-10)11(14)15-5-2/h6H,4-5H2,1-3H3,(H,12,13). The van der Waals surface area contributed by atoms with Crippen molar-refractivity contribution in [3.63, 3.8) is 0 Å². The molecule has 1 amide bonds. The Morgan fingerprint density at radius 1 is 1.44 bits per heavy atom. The highest BCUT2D eigenvalue weighted by Crippen LogP contribution is 2.28. The lowest BCUT2D eigenvalue weighted by Gasteiger charge is -2.04. The van der Waals surface area contributed by atoms with Gasteiger partial charge in [0.1, 0.15) is 5.00 Å². The van der Waals surface area contributed by atoms with Crippen molar-refractivity contribution in [1.29, 1.82) is 0 Å². The summed E-state index contributed by atoms with van der Waals surface area (Å²) in [5, 5.41) is 3.27.